The van der Waals surface area contributed by atoms with Crippen molar-refractivity contribution in [3.63, 3.8) is 0 Å². The molecule has 0 atom stereocenters. The highest BCUT2D eigenvalue weighted by atomic mass is 32.1. The quantitative estimate of drug-likeness (QED) is 0.373. The van der Waals surface area contributed by atoms with Crippen LogP contribution in [-0.4, -0.2) is 24.3 Å². The van der Waals surface area contributed by atoms with E-state index in [2.05, 4.69) is 11.7 Å². The molecule has 0 aromatic carbocycles. The average Bonchev–Trinajstić information content (AvgIpc) is 2.69. The first-order valence-electron chi connectivity index (χ1n) is 3.72. The summed E-state index contributed by atoms with van der Waals surface area (Å²) in [5.74, 6) is 8.00. The standard InChI is InChI=1S/C6H4O2S.C2H6O.H4N2/c7-3-5-1-2-6(4-8)9-5;1-2-3;1-2/h1-4H;3H,2H2,1H3;1-2H2. The molecule has 0 radical (unpaired) electrons. The van der Waals surface area contributed by atoms with E-state index in [0.717, 1.165) is 12.6 Å². The molecule has 0 unspecified atom stereocenters. The Morgan fingerprint density at radius 2 is 1.57 bits per heavy atom. The fraction of sp³-hybridized carbons (Fsp3) is 0.250. The summed E-state index contributed by atoms with van der Waals surface area (Å²) < 4.78 is 0. The monoisotopic (exact) mass is 218 g/mol. The summed E-state index contributed by atoms with van der Waals surface area (Å²) >= 11 is 1.20. The van der Waals surface area contributed by atoms with Crippen molar-refractivity contribution >= 4 is 23.9 Å². The number of aliphatic hydroxyl groups excluding tert-OH is 1. The summed E-state index contributed by atoms with van der Waals surface area (Å²) in [6.45, 7) is 1.93. The van der Waals surface area contributed by atoms with Crippen molar-refractivity contribution in [1.29, 1.82) is 0 Å². The lowest BCUT2D eigenvalue weighted by atomic mass is 10.4. The van der Waals surface area contributed by atoms with Gasteiger partial charge < -0.3 is 5.11 Å². The van der Waals surface area contributed by atoms with Crippen molar-refractivity contribution in [2.24, 2.45) is 11.7 Å². The Morgan fingerprint density at radius 1 is 1.29 bits per heavy atom. The Bertz CT molecular complexity index is 228. The highest BCUT2D eigenvalue weighted by Crippen LogP contribution is 2.10. The lowest BCUT2D eigenvalue weighted by molar-refractivity contribution is 0.112. The molecule has 0 fully saturated rings. The summed E-state index contributed by atoms with van der Waals surface area (Å²) in [5.41, 5.74) is 0. The first-order chi connectivity index (χ1) is 6.78. The Kier molecular flexibility index (Phi) is 13.1. The van der Waals surface area contributed by atoms with Crippen LogP contribution in [0, 0.1) is 0 Å². The first-order valence-corrected chi connectivity index (χ1v) is 4.54. The number of hydrazine groups is 1. The molecule has 80 valence electrons. The SMILES string of the molecule is CCO.NN.O=Cc1ccc(C=O)s1. The fourth-order valence-corrected chi connectivity index (χ4v) is 1.14. The number of hydrogen-bond donors (Lipinski definition) is 3. The van der Waals surface area contributed by atoms with E-state index in [9.17, 15) is 9.59 Å². The van der Waals surface area contributed by atoms with Gasteiger partial charge in [0.1, 0.15) is 0 Å². The first kappa shape index (κ1) is 15.4. The Morgan fingerprint density at radius 3 is 1.71 bits per heavy atom. The zero-order valence-corrected chi connectivity index (χ0v) is 8.66. The van der Waals surface area contributed by atoms with Gasteiger partial charge in [0.15, 0.2) is 12.6 Å². The molecule has 1 aromatic rings. The summed E-state index contributed by atoms with van der Waals surface area (Å²) in [7, 11) is 0. The molecular weight excluding hydrogens is 204 g/mol. The van der Waals surface area contributed by atoms with Gasteiger partial charge in [0.2, 0.25) is 0 Å². The Labute approximate surface area is 86.3 Å². The maximum atomic E-state index is 10.0. The van der Waals surface area contributed by atoms with Gasteiger partial charge in [-0.3, -0.25) is 21.3 Å². The molecule has 0 spiro atoms. The number of thiophene rings is 1. The molecule has 0 aliphatic rings. The smallest absolute Gasteiger partial charge is 0.160 e. The van der Waals surface area contributed by atoms with Gasteiger partial charge >= 0.3 is 0 Å². The van der Waals surface area contributed by atoms with E-state index < -0.39 is 0 Å². The van der Waals surface area contributed by atoms with Crippen LogP contribution in [0.4, 0.5) is 0 Å². The minimum absolute atomic E-state index is 0.250. The third kappa shape index (κ3) is 7.56. The van der Waals surface area contributed by atoms with Gasteiger partial charge in [0, 0.05) is 6.61 Å². The summed E-state index contributed by atoms with van der Waals surface area (Å²) in [6, 6.07) is 3.25. The number of hydrogen-bond acceptors (Lipinski definition) is 6. The lowest BCUT2D eigenvalue weighted by Crippen LogP contribution is -2.02. The zero-order valence-electron chi connectivity index (χ0n) is 7.84. The third-order valence-electron chi connectivity index (χ3n) is 0.880. The van der Waals surface area contributed by atoms with Gasteiger partial charge in [-0.1, -0.05) is 0 Å². The van der Waals surface area contributed by atoms with Crippen LogP contribution in [0.5, 0.6) is 0 Å². The van der Waals surface area contributed by atoms with E-state index in [0.29, 0.717) is 9.75 Å². The number of aliphatic hydroxyl groups is 1. The predicted octanol–water partition coefficient (Wildman–Crippen LogP) is 0.191. The Hall–Kier alpha value is -1.08. The van der Waals surface area contributed by atoms with Crippen molar-refractivity contribution in [3.8, 4) is 0 Å². The number of carbonyl (C=O) groups excluding carboxylic acids is 2. The number of nitrogens with two attached hydrogens (primary N) is 2. The van der Waals surface area contributed by atoms with Gasteiger partial charge in [0.25, 0.3) is 0 Å². The molecule has 0 aliphatic carbocycles. The molecule has 1 aromatic heterocycles. The summed E-state index contributed by atoms with van der Waals surface area (Å²) in [5, 5.41) is 7.57. The lowest BCUT2D eigenvalue weighted by Gasteiger charge is -1.71. The van der Waals surface area contributed by atoms with Crippen molar-refractivity contribution < 1.29 is 14.7 Å². The minimum atomic E-state index is 0.250. The normalized spacial score (nSPS) is 7.43. The second kappa shape index (κ2) is 11.9. The third-order valence-corrected chi connectivity index (χ3v) is 1.82. The molecule has 1 rings (SSSR count). The van der Waals surface area contributed by atoms with Crippen molar-refractivity contribution in [3.05, 3.63) is 21.9 Å². The molecule has 1 heterocycles. The van der Waals surface area contributed by atoms with Crippen LogP contribution in [0.3, 0.4) is 0 Å². The van der Waals surface area contributed by atoms with Crippen LogP contribution in [0.2, 0.25) is 0 Å². The van der Waals surface area contributed by atoms with Gasteiger partial charge in [0.05, 0.1) is 9.75 Å². The van der Waals surface area contributed by atoms with E-state index >= 15 is 0 Å². The average molecular weight is 218 g/mol. The molecular formula is C8H14N2O3S. The van der Waals surface area contributed by atoms with Crippen molar-refractivity contribution in [1.82, 2.24) is 0 Å². The molecule has 0 saturated carbocycles. The minimum Gasteiger partial charge on any atom is -0.397 e. The summed E-state index contributed by atoms with van der Waals surface area (Å²) in [6.07, 6.45) is 1.47. The zero-order chi connectivity index (χ0) is 11.4. The fourth-order valence-electron chi connectivity index (χ4n) is 0.495. The predicted molar refractivity (Wildman–Crippen MR) is 56.2 cm³/mol. The molecule has 5 nitrogen and oxygen atoms in total. The molecule has 6 heteroatoms. The highest BCUT2D eigenvalue weighted by molar-refractivity contribution is 7.15. The second-order valence-corrected chi connectivity index (χ2v) is 2.94. The molecule has 5 N–H and O–H groups in total. The number of rotatable bonds is 2. The number of aldehydes is 2. The van der Waals surface area contributed by atoms with E-state index in [1.54, 1.807) is 19.1 Å². The van der Waals surface area contributed by atoms with E-state index in [1.807, 2.05) is 0 Å². The molecule has 0 amide bonds. The topological polar surface area (TPSA) is 106 Å². The van der Waals surface area contributed by atoms with Crippen LogP contribution in [0.1, 0.15) is 26.3 Å². The van der Waals surface area contributed by atoms with E-state index in [1.165, 1.54) is 11.3 Å². The molecule has 14 heavy (non-hydrogen) atoms. The van der Waals surface area contributed by atoms with Gasteiger partial charge in [-0.05, 0) is 19.1 Å². The van der Waals surface area contributed by atoms with Crippen LogP contribution < -0.4 is 11.7 Å². The van der Waals surface area contributed by atoms with E-state index in [-0.39, 0.29) is 6.61 Å². The van der Waals surface area contributed by atoms with Crippen molar-refractivity contribution in [2.75, 3.05) is 6.61 Å². The molecule has 0 aliphatic heterocycles. The van der Waals surface area contributed by atoms with Gasteiger partial charge in [-0.2, -0.15) is 0 Å². The summed E-state index contributed by atoms with van der Waals surface area (Å²) in [4.78, 5) is 21.2. The maximum absolute atomic E-state index is 10.0. The number of carbonyl (C=O) groups is 2. The van der Waals surface area contributed by atoms with Crippen LogP contribution in [0.25, 0.3) is 0 Å². The van der Waals surface area contributed by atoms with Gasteiger partial charge in [-0.25, -0.2) is 0 Å². The second-order valence-electron chi connectivity index (χ2n) is 1.79. The van der Waals surface area contributed by atoms with Gasteiger partial charge in [-0.15, -0.1) is 11.3 Å². The maximum Gasteiger partial charge on any atom is 0.160 e. The van der Waals surface area contributed by atoms with Crippen LogP contribution in [-0.2, 0) is 0 Å². The largest absolute Gasteiger partial charge is 0.397 e. The van der Waals surface area contributed by atoms with Crippen LogP contribution in [0.15, 0.2) is 12.1 Å². The highest BCUT2D eigenvalue weighted by Gasteiger charge is 1.94. The van der Waals surface area contributed by atoms with E-state index in [4.69, 9.17) is 5.11 Å². The Balaban J connectivity index is 0. The molecule has 0 bridgehead atoms. The van der Waals surface area contributed by atoms with Crippen LogP contribution >= 0.6 is 11.3 Å². The van der Waals surface area contributed by atoms with Crippen molar-refractivity contribution in [2.45, 2.75) is 6.92 Å². The molecule has 0 saturated heterocycles.